The van der Waals surface area contributed by atoms with E-state index < -0.39 is 5.82 Å². The Morgan fingerprint density at radius 2 is 1.62 bits per heavy atom. The first-order chi connectivity index (χ1) is 11.6. The Hall–Kier alpha value is -3.28. The molecular formula is C18H12F2N4. The second-order valence-electron chi connectivity index (χ2n) is 5.37. The monoisotopic (exact) mass is 322 g/mol. The highest BCUT2D eigenvalue weighted by atomic mass is 19.1. The lowest BCUT2D eigenvalue weighted by atomic mass is 10.00. The van der Waals surface area contributed by atoms with Gasteiger partial charge < -0.3 is 10.7 Å². The zero-order valence-electron chi connectivity index (χ0n) is 12.4. The van der Waals surface area contributed by atoms with Crippen molar-refractivity contribution < 1.29 is 8.78 Å². The molecule has 0 unspecified atom stereocenters. The molecule has 3 aromatic heterocycles. The van der Waals surface area contributed by atoms with Gasteiger partial charge in [-0.25, -0.2) is 13.8 Å². The van der Waals surface area contributed by atoms with Crippen molar-refractivity contribution in [3.63, 3.8) is 0 Å². The maximum atomic E-state index is 13.9. The number of nitrogens with one attached hydrogen (secondary N) is 1. The van der Waals surface area contributed by atoms with Gasteiger partial charge in [-0.15, -0.1) is 0 Å². The first-order valence-electron chi connectivity index (χ1n) is 7.27. The number of benzene rings is 1. The molecule has 0 atom stereocenters. The van der Waals surface area contributed by atoms with Crippen LogP contribution in [0.25, 0.3) is 33.4 Å². The topological polar surface area (TPSA) is 67.6 Å². The van der Waals surface area contributed by atoms with Gasteiger partial charge in [-0.3, -0.25) is 4.98 Å². The Morgan fingerprint density at radius 1 is 0.917 bits per heavy atom. The van der Waals surface area contributed by atoms with Crippen LogP contribution in [0.5, 0.6) is 0 Å². The Morgan fingerprint density at radius 3 is 2.33 bits per heavy atom. The summed E-state index contributed by atoms with van der Waals surface area (Å²) in [6.45, 7) is 0. The molecule has 0 spiro atoms. The SMILES string of the molecule is Nc1nc2[nH]c(-c3ccc(F)cc3)c(-c3ccncc3)c2cc1F. The Labute approximate surface area is 136 Å². The van der Waals surface area contributed by atoms with Crippen molar-refractivity contribution in [1.29, 1.82) is 0 Å². The molecule has 4 rings (SSSR count). The molecule has 0 aliphatic heterocycles. The molecule has 4 aromatic rings. The van der Waals surface area contributed by atoms with Crippen molar-refractivity contribution in [3.05, 3.63) is 66.5 Å². The van der Waals surface area contributed by atoms with Crippen LogP contribution < -0.4 is 5.73 Å². The highest BCUT2D eigenvalue weighted by Gasteiger charge is 2.18. The van der Waals surface area contributed by atoms with Crippen LogP contribution >= 0.6 is 0 Å². The lowest BCUT2D eigenvalue weighted by Gasteiger charge is -2.05. The van der Waals surface area contributed by atoms with Crippen LogP contribution in [0.4, 0.5) is 14.6 Å². The van der Waals surface area contributed by atoms with Gasteiger partial charge in [0.25, 0.3) is 0 Å². The van der Waals surface area contributed by atoms with E-state index in [1.54, 1.807) is 24.5 Å². The van der Waals surface area contributed by atoms with E-state index in [1.165, 1.54) is 18.2 Å². The number of aromatic nitrogens is 3. The summed E-state index contributed by atoms with van der Waals surface area (Å²) >= 11 is 0. The highest BCUT2D eigenvalue weighted by Crippen LogP contribution is 2.38. The first-order valence-corrected chi connectivity index (χ1v) is 7.27. The van der Waals surface area contributed by atoms with Gasteiger partial charge in [-0.2, -0.15) is 0 Å². The van der Waals surface area contributed by atoms with Gasteiger partial charge in [0.05, 0.1) is 5.69 Å². The maximum absolute atomic E-state index is 13.9. The number of nitrogens with zero attached hydrogens (tertiary/aromatic N) is 2. The molecule has 6 heteroatoms. The number of nitrogen functional groups attached to an aromatic ring is 1. The van der Waals surface area contributed by atoms with E-state index in [0.717, 1.165) is 16.7 Å². The molecule has 0 aliphatic rings. The van der Waals surface area contributed by atoms with E-state index in [4.69, 9.17) is 5.73 Å². The van der Waals surface area contributed by atoms with Crippen LogP contribution in [0.1, 0.15) is 0 Å². The van der Waals surface area contributed by atoms with Crippen LogP contribution in [0.2, 0.25) is 0 Å². The van der Waals surface area contributed by atoms with E-state index in [2.05, 4.69) is 15.0 Å². The maximum Gasteiger partial charge on any atom is 0.166 e. The van der Waals surface area contributed by atoms with E-state index in [1.807, 2.05) is 12.1 Å². The molecule has 118 valence electrons. The van der Waals surface area contributed by atoms with Crippen LogP contribution in [-0.2, 0) is 0 Å². The number of aromatic amines is 1. The summed E-state index contributed by atoms with van der Waals surface area (Å²) in [5, 5.41) is 0.604. The first kappa shape index (κ1) is 14.3. The number of anilines is 1. The van der Waals surface area contributed by atoms with E-state index in [0.29, 0.717) is 16.7 Å². The minimum absolute atomic E-state index is 0.171. The summed E-state index contributed by atoms with van der Waals surface area (Å²) < 4.78 is 27.2. The van der Waals surface area contributed by atoms with E-state index >= 15 is 0 Å². The summed E-state index contributed by atoms with van der Waals surface area (Å²) in [6, 6.07) is 11.1. The van der Waals surface area contributed by atoms with Gasteiger partial charge in [0.1, 0.15) is 11.5 Å². The van der Waals surface area contributed by atoms with Gasteiger partial charge >= 0.3 is 0 Å². The fourth-order valence-corrected chi connectivity index (χ4v) is 2.76. The number of halogens is 2. The number of hydrogen-bond acceptors (Lipinski definition) is 3. The molecule has 0 saturated carbocycles. The van der Waals surface area contributed by atoms with Crippen LogP contribution in [0.15, 0.2) is 54.9 Å². The molecule has 1 aromatic carbocycles. The molecule has 3 heterocycles. The van der Waals surface area contributed by atoms with Crippen molar-refractivity contribution in [2.24, 2.45) is 0 Å². The third kappa shape index (κ3) is 2.28. The van der Waals surface area contributed by atoms with Crippen LogP contribution in [0, 0.1) is 11.6 Å². The van der Waals surface area contributed by atoms with Crippen molar-refractivity contribution in [2.45, 2.75) is 0 Å². The third-order valence-electron chi connectivity index (χ3n) is 3.87. The second kappa shape index (κ2) is 5.42. The smallest absolute Gasteiger partial charge is 0.166 e. The zero-order valence-corrected chi connectivity index (χ0v) is 12.4. The predicted octanol–water partition coefficient (Wildman–Crippen LogP) is 4.15. The predicted molar refractivity (Wildman–Crippen MR) is 89.1 cm³/mol. The summed E-state index contributed by atoms with van der Waals surface area (Å²) in [7, 11) is 0. The second-order valence-corrected chi connectivity index (χ2v) is 5.37. The van der Waals surface area contributed by atoms with Gasteiger partial charge in [0, 0.05) is 23.3 Å². The van der Waals surface area contributed by atoms with Crippen molar-refractivity contribution in [2.75, 3.05) is 5.73 Å². The highest BCUT2D eigenvalue weighted by molar-refractivity contribution is 6.02. The number of rotatable bonds is 2. The standard InChI is InChI=1S/C18H12F2N4/c19-12-3-1-11(2-4-12)16-15(10-5-7-22-8-6-10)13-9-14(20)17(21)24-18(13)23-16/h1-9H,(H3,21,23,24). The van der Waals surface area contributed by atoms with Crippen LogP contribution in [0.3, 0.4) is 0 Å². The summed E-state index contributed by atoms with van der Waals surface area (Å²) in [6.07, 6.45) is 3.31. The lowest BCUT2D eigenvalue weighted by Crippen LogP contribution is -1.94. The third-order valence-corrected chi connectivity index (χ3v) is 3.87. The molecule has 0 amide bonds. The molecule has 0 fully saturated rings. The van der Waals surface area contributed by atoms with Crippen molar-refractivity contribution in [3.8, 4) is 22.4 Å². The molecule has 0 saturated heterocycles. The number of hydrogen-bond donors (Lipinski definition) is 2. The average Bonchev–Trinajstić information content (AvgIpc) is 2.95. The summed E-state index contributed by atoms with van der Waals surface area (Å²) in [4.78, 5) is 11.3. The number of H-pyrrole nitrogens is 1. The fraction of sp³-hybridized carbons (Fsp3) is 0. The van der Waals surface area contributed by atoms with Gasteiger partial charge in [-0.1, -0.05) is 0 Å². The molecule has 0 bridgehead atoms. The molecule has 0 aliphatic carbocycles. The Balaban J connectivity index is 2.07. The minimum Gasteiger partial charge on any atom is -0.381 e. The van der Waals surface area contributed by atoms with E-state index in [9.17, 15) is 8.78 Å². The molecular weight excluding hydrogens is 310 g/mol. The normalized spacial score (nSPS) is 11.1. The molecule has 24 heavy (non-hydrogen) atoms. The fourth-order valence-electron chi connectivity index (χ4n) is 2.76. The van der Waals surface area contributed by atoms with Crippen LogP contribution in [-0.4, -0.2) is 15.0 Å². The largest absolute Gasteiger partial charge is 0.381 e. The summed E-state index contributed by atoms with van der Waals surface area (Å²) in [5.74, 6) is -1.08. The quantitative estimate of drug-likeness (QED) is 0.582. The Kier molecular flexibility index (Phi) is 3.23. The minimum atomic E-state index is -0.581. The zero-order chi connectivity index (χ0) is 16.7. The molecule has 3 N–H and O–H groups in total. The number of nitrogens with two attached hydrogens (primary N) is 1. The van der Waals surface area contributed by atoms with Crippen molar-refractivity contribution in [1.82, 2.24) is 15.0 Å². The summed E-state index contributed by atoms with van der Waals surface area (Å²) in [5.41, 5.74) is 9.15. The molecule has 4 nitrogen and oxygen atoms in total. The van der Waals surface area contributed by atoms with Crippen molar-refractivity contribution >= 4 is 16.9 Å². The lowest BCUT2D eigenvalue weighted by molar-refractivity contribution is 0.628. The average molecular weight is 322 g/mol. The number of pyridine rings is 2. The van der Waals surface area contributed by atoms with Gasteiger partial charge in [0.15, 0.2) is 11.6 Å². The van der Waals surface area contributed by atoms with Gasteiger partial charge in [0.2, 0.25) is 0 Å². The Bertz CT molecular complexity index is 1020. The van der Waals surface area contributed by atoms with Gasteiger partial charge in [-0.05, 0) is 53.6 Å². The number of fused-ring (bicyclic) bond motifs is 1. The molecule has 0 radical (unpaired) electrons. The van der Waals surface area contributed by atoms with E-state index in [-0.39, 0.29) is 11.6 Å².